The van der Waals surface area contributed by atoms with Crippen molar-refractivity contribution in [3.05, 3.63) is 60.7 Å². The van der Waals surface area contributed by atoms with Gasteiger partial charge < -0.3 is 30.0 Å². The predicted molar refractivity (Wildman–Crippen MR) is 141 cm³/mol. The lowest BCUT2D eigenvalue weighted by molar-refractivity contribution is -0.877. The second-order valence-electron chi connectivity index (χ2n) is 11.1. The first-order valence-electron chi connectivity index (χ1n) is 13.4. The first-order valence-corrected chi connectivity index (χ1v) is 13.8. The summed E-state index contributed by atoms with van der Waals surface area (Å²) < 4.78 is 25.7. The van der Waals surface area contributed by atoms with Gasteiger partial charge in [0.25, 0.3) is 5.56 Å². The van der Waals surface area contributed by atoms with Gasteiger partial charge in [-0.15, -0.1) is 0 Å². The zero-order valence-corrected chi connectivity index (χ0v) is 22.6. The number of hydroxylamine groups is 2. The number of aromatic amines is 1. The van der Waals surface area contributed by atoms with Crippen LogP contribution in [-0.4, -0.2) is 36.0 Å². The van der Waals surface area contributed by atoms with Crippen molar-refractivity contribution in [2.75, 3.05) is 6.61 Å². The fourth-order valence-electron chi connectivity index (χ4n) is 6.04. The summed E-state index contributed by atoms with van der Waals surface area (Å²) in [6.45, 7) is 6.30. The Labute approximate surface area is 222 Å². The maximum Gasteiger partial charge on any atom is 0.257 e. The molecule has 0 bridgehead atoms. The van der Waals surface area contributed by atoms with Crippen molar-refractivity contribution >= 4 is 11.6 Å². The van der Waals surface area contributed by atoms with Crippen LogP contribution in [0.1, 0.15) is 66.5 Å². The van der Waals surface area contributed by atoms with Gasteiger partial charge in [0.05, 0.1) is 10.6 Å². The Bertz CT molecular complexity index is 1190. The second kappa shape index (κ2) is 10.9. The lowest BCUT2D eigenvalue weighted by Crippen LogP contribution is -3.04. The van der Waals surface area contributed by atoms with Crippen LogP contribution in [0.5, 0.6) is 11.5 Å². The van der Waals surface area contributed by atoms with Gasteiger partial charge in [-0.05, 0) is 82.9 Å². The molecule has 9 heteroatoms. The Morgan fingerprint density at radius 1 is 1.11 bits per heavy atom. The van der Waals surface area contributed by atoms with E-state index in [2.05, 4.69) is 10.3 Å². The standard InChI is InChI=1S/C28H37ClFN3O4/c1-15-8-16(2)31-28(34)23(15)13-33(35)12-19-9-24(29)27-26(17(19)3)37-25(14-36-27)18-4-6-21(7-5-18)32-22-10-20(30)11-22/h8-9,18,20-22,25,32-33H,4-7,10-14H2,1-3H3,(H,31,34). The normalized spacial score (nSPS) is 28.0. The summed E-state index contributed by atoms with van der Waals surface area (Å²) in [7, 11) is 0. The third-order valence-electron chi connectivity index (χ3n) is 8.31. The number of hydrogen-bond acceptors (Lipinski definition) is 5. The van der Waals surface area contributed by atoms with E-state index in [4.69, 9.17) is 21.1 Å². The quantitative estimate of drug-likeness (QED) is 0.471. The van der Waals surface area contributed by atoms with Crippen molar-refractivity contribution in [3.8, 4) is 11.5 Å². The third kappa shape index (κ3) is 5.82. The molecule has 5 rings (SSSR count). The van der Waals surface area contributed by atoms with Crippen LogP contribution in [0.15, 0.2) is 16.9 Å². The molecule has 2 saturated carbocycles. The largest absolute Gasteiger partial charge is 0.634 e. The number of H-pyrrole nitrogens is 1. The van der Waals surface area contributed by atoms with Crippen molar-refractivity contribution < 1.29 is 18.9 Å². The fraction of sp³-hybridized carbons (Fsp3) is 0.607. The molecule has 37 heavy (non-hydrogen) atoms. The van der Waals surface area contributed by atoms with Crippen molar-refractivity contribution in [3.63, 3.8) is 0 Å². The smallest absolute Gasteiger partial charge is 0.257 e. The van der Waals surface area contributed by atoms with Gasteiger partial charge in [0.15, 0.2) is 11.5 Å². The Kier molecular flexibility index (Phi) is 7.82. The van der Waals surface area contributed by atoms with Crippen LogP contribution in [-0.2, 0) is 13.1 Å². The molecule has 1 aromatic heterocycles. The van der Waals surface area contributed by atoms with Crippen LogP contribution in [0.2, 0.25) is 5.02 Å². The summed E-state index contributed by atoms with van der Waals surface area (Å²) in [5.41, 5.74) is 3.53. The molecular formula is C28H37ClFN3O4. The van der Waals surface area contributed by atoms with Gasteiger partial charge in [-0.2, -0.15) is 0 Å². The van der Waals surface area contributed by atoms with Gasteiger partial charge in [0.1, 0.15) is 32.0 Å². The molecule has 202 valence electrons. The number of alkyl halides is 1. The van der Waals surface area contributed by atoms with Crippen LogP contribution >= 0.6 is 11.6 Å². The molecule has 0 saturated heterocycles. The number of nitrogens with one attached hydrogen (secondary N) is 3. The van der Waals surface area contributed by atoms with E-state index in [0.717, 1.165) is 48.1 Å². The van der Waals surface area contributed by atoms with Gasteiger partial charge in [-0.3, -0.25) is 4.79 Å². The summed E-state index contributed by atoms with van der Waals surface area (Å²) in [5.74, 6) is 1.54. The molecule has 2 unspecified atom stereocenters. The van der Waals surface area contributed by atoms with Crippen molar-refractivity contribution in [2.45, 2.75) is 96.7 Å². The minimum Gasteiger partial charge on any atom is -0.634 e. The number of aromatic nitrogens is 1. The molecule has 2 fully saturated rings. The number of aryl methyl sites for hydroxylation is 2. The molecule has 2 aromatic rings. The first kappa shape index (κ1) is 26.5. The summed E-state index contributed by atoms with van der Waals surface area (Å²) in [6.07, 6.45) is 4.75. The number of pyridine rings is 1. The zero-order chi connectivity index (χ0) is 26.3. The molecule has 2 atom stereocenters. The Morgan fingerprint density at radius 2 is 1.84 bits per heavy atom. The maximum atomic E-state index is 13.1. The van der Waals surface area contributed by atoms with Crippen LogP contribution in [0, 0.1) is 31.9 Å². The first-order chi connectivity index (χ1) is 17.7. The fourth-order valence-corrected chi connectivity index (χ4v) is 6.32. The molecular weight excluding hydrogens is 497 g/mol. The molecule has 2 aliphatic carbocycles. The van der Waals surface area contributed by atoms with Crippen LogP contribution < -0.4 is 25.4 Å². The molecule has 0 spiro atoms. The van der Waals surface area contributed by atoms with E-state index < -0.39 is 6.17 Å². The van der Waals surface area contributed by atoms with Crippen LogP contribution in [0.25, 0.3) is 0 Å². The Morgan fingerprint density at radius 3 is 2.51 bits per heavy atom. The highest BCUT2D eigenvalue weighted by molar-refractivity contribution is 6.32. The average molecular weight is 534 g/mol. The highest BCUT2D eigenvalue weighted by Crippen LogP contribution is 2.44. The van der Waals surface area contributed by atoms with E-state index in [9.17, 15) is 14.4 Å². The van der Waals surface area contributed by atoms with E-state index in [-0.39, 0.29) is 29.8 Å². The SMILES string of the molecule is Cc1cc(C)c(C[NH+]([O-])Cc2cc(Cl)c3c(c2C)OC(C2CCC(NC4CC(F)C4)CC2)CO3)c(=O)[nH]1. The van der Waals surface area contributed by atoms with E-state index in [1.807, 2.05) is 26.8 Å². The molecule has 0 amide bonds. The van der Waals surface area contributed by atoms with Crippen molar-refractivity contribution in [1.29, 1.82) is 0 Å². The molecule has 3 N–H and O–H groups in total. The minimum absolute atomic E-state index is 0.0544. The van der Waals surface area contributed by atoms with Gasteiger partial charge in [0, 0.05) is 28.9 Å². The number of benzene rings is 1. The molecule has 0 radical (unpaired) electrons. The molecule has 7 nitrogen and oxygen atoms in total. The monoisotopic (exact) mass is 533 g/mol. The highest BCUT2D eigenvalue weighted by Gasteiger charge is 2.36. The number of quaternary nitrogens is 1. The van der Waals surface area contributed by atoms with Gasteiger partial charge >= 0.3 is 0 Å². The molecule has 3 aliphatic rings. The van der Waals surface area contributed by atoms with E-state index >= 15 is 0 Å². The summed E-state index contributed by atoms with van der Waals surface area (Å²) in [4.78, 5) is 15.1. The predicted octanol–water partition coefficient (Wildman–Crippen LogP) is 3.83. The number of halogens is 2. The molecule has 1 aromatic carbocycles. The van der Waals surface area contributed by atoms with E-state index in [0.29, 0.717) is 59.5 Å². The van der Waals surface area contributed by atoms with Gasteiger partial charge in [-0.25, -0.2) is 4.39 Å². The topological polar surface area (TPSA) is 90.8 Å². The average Bonchev–Trinajstić information content (AvgIpc) is 2.84. The maximum absolute atomic E-state index is 13.1. The summed E-state index contributed by atoms with van der Waals surface area (Å²) in [5, 5.41) is 17.0. The van der Waals surface area contributed by atoms with E-state index in [1.54, 1.807) is 6.07 Å². The van der Waals surface area contributed by atoms with Crippen molar-refractivity contribution in [1.82, 2.24) is 10.3 Å². The summed E-state index contributed by atoms with van der Waals surface area (Å²) >= 11 is 6.56. The van der Waals surface area contributed by atoms with Gasteiger partial charge in [0.2, 0.25) is 0 Å². The zero-order valence-electron chi connectivity index (χ0n) is 21.8. The number of hydrogen-bond donors (Lipinski definition) is 3. The number of rotatable bonds is 7. The Balaban J connectivity index is 1.23. The van der Waals surface area contributed by atoms with Crippen LogP contribution in [0.3, 0.4) is 0 Å². The molecule has 2 heterocycles. The van der Waals surface area contributed by atoms with Crippen molar-refractivity contribution in [2.24, 2.45) is 5.92 Å². The number of fused-ring (bicyclic) bond motifs is 1. The lowest BCUT2D eigenvalue weighted by atomic mass is 9.81. The molecule has 1 aliphatic heterocycles. The lowest BCUT2D eigenvalue weighted by Gasteiger charge is -2.40. The highest BCUT2D eigenvalue weighted by atomic mass is 35.5. The second-order valence-corrected chi connectivity index (χ2v) is 11.6. The van der Waals surface area contributed by atoms with E-state index in [1.165, 1.54) is 0 Å². The third-order valence-corrected chi connectivity index (χ3v) is 8.59. The Hall–Kier alpha value is -2.13. The minimum atomic E-state index is -0.633. The summed E-state index contributed by atoms with van der Waals surface area (Å²) in [6, 6.07) is 4.44. The van der Waals surface area contributed by atoms with Crippen LogP contribution in [0.4, 0.5) is 4.39 Å². The number of ether oxygens (including phenoxy) is 2. The van der Waals surface area contributed by atoms with Gasteiger partial charge in [-0.1, -0.05) is 11.6 Å².